The molecule has 2 unspecified atom stereocenters. The molecule has 0 spiro atoms. The number of carbonyl (C=O) groups excluding carboxylic acids is 2. The Morgan fingerprint density at radius 2 is 0.804 bits per heavy atom. The first kappa shape index (κ1) is 49.9. The highest BCUT2D eigenvalue weighted by atomic mass is 16.5. The van der Waals surface area contributed by atoms with Crippen molar-refractivity contribution in [3.8, 4) is 0 Å². The van der Waals surface area contributed by atoms with Gasteiger partial charge in [0.05, 0.1) is 25.4 Å². The lowest BCUT2D eigenvalue weighted by atomic mass is 10.0. The third kappa shape index (κ3) is 38.4. The summed E-state index contributed by atoms with van der Waals surface area (Å²) in [5.74, 6) is -0.0757. The Hall–Kier alpha value is -1.14. The first-order valence-electron chi connectivity index (χ1n) is 22.8. The molecule has 0 aliphatic heterocycles. The highest BCUT2D eigenvalue weighted by Crippen LogP contribution is 2.16. The Labute approximate surface area is 317 Å². The fraction of sp³-hybridized carbons (Fsp3) is 0.956. The van der Waals surface area contributed by atoms with Gasteiger partial charge in [0.1, 0.15) is 0 Å². The van der Waals surface area contributed by atoms with Crippen LogP contribution in [0.3, 0.4) is 0 Å². The summed E-state index contributed by atoms with van der Waals surface area (Å²) in [5, 5.41) is 23.0. The molecule has 0 bridgehead atoms. The number of amides is 1. The zero-order valence-electron chi connectivity index (χ0n) is 34.4. The predicted octanol–water partition coefficient (Wildman–Crippen LogP) is 12.8. The number of hydrogen-bond donors (Lipinski definition) is 3. The number of hydrogen-bond acceptors (Lipinski definition) is 5. The fourth-order valence-corrected chi connectivity index (χ4v) is 7.11. The second-order valence-electron chi connectivity index (χ2n) is 15.7. The molecule has 0 aromatic carbocycles. The van der Waals surface area contributed by atoms with Crippen molar-refractivity contribution in [3.05, 3.63) is 0 Å². The highest BCUT2D eigenvalue weighted by Gasteiger charge is 2.20. The quantitative estimate of drug-likeness (QED) is 0.0430. The molecule has 0 saturated carbocycles. The number of esters is 1. The first-order chi connectivity index (χ1) is 25.0. The van der Waals surface area contributed by atoms with Crippen molar-refractivity contribution in [3.63, 3.8) is 0 Å². The van der Waals surface area contributed by atoms with Crippen LogP contribution in [0.4, 0.5) is 0 Å². The number of unbranched alkanes of at least 4 members (excludes halogenated alkanes) is 31. The number of aliphatic hydroxyl groups is 2. The van der Waals surface area contributed by atoms with Gasteiger partial charge >= 0.3 is 5.97 Å². The van der Waals surface area contributed by atoms with Crippen LogP contribution in [0.2, 0.25) is 0 Å². The second kappa shape index (κ2) is 41.6. The molecule has 0 fully saturated rings. The number of nitrogens with one attached hydrogen (secondary N) is 1. The van der Waals surface area contributed by atoms with Gasteiger partial charge in [0, 0.05) is 12.8 Å². The van der Waals surface area contributed by atoms with Gasteiger partial charge in [-0.3, -0.25) is 9.59 Å². The van der Waals surface area contributed by atoms with Crippen molar-refractivity contribution >= 4 is 11.9 Å². The Morgan fingerprint density at radius 1 is 0.471 bits per heavy atom. The Kier molecular flexibility index (Phi) is 40.7. The summed E-state index contributed by atoms with van der Waals surface area (Å²) in [4.78, 5) is 24.4. The summed E-state index contributed by atoms with van der Waals surface area (Å²) >= 11 is 0. The second-order valence-corrected chi connectivity index (χ2v) is 15.7. The Morgan fingerprint density at radius 3 is 1.20 bits per heavy atom. The van der Waals surface area contributed by atoms with Crippen LogP contribution >= 0.6 is 0 Å². The SMILES string of the molecule is CCCCCCCCCCCCCCCCCC(=O)OCCCCCCCCCCCCC(=O)NC(CO)C(O)CCCCCCCCCCC. The van der Waals surface area contributed by atoms with Crippen LogP contribution < -0.4 is 5.32 Å². The minimum absolute atomic E-state index is 0.0164. The van der Waals surface area contributed by atoms with E-state index in [1.165, 1.54) is 161 Å². The summed E-state index contributed by atoms with van der Waals surface area (Å²) in [6, 6.07) is -0.553. The van der Waals surface area contributed by atoms with Crippen molar-refractivity contribution in [2.24, 2.45) is 0 Å². The molecule has 0 heterocycles. The zero-order valence-corrected chi connectivity index (χ0v) is 34.4. The monoisotopic (exact) mass is 724 g/mol. The molecule has 304 valence electrons. The molecule has 6 nitrogen and oxygen atoms in total. The minimum atomic E-state index is -0.674. The van der Waals surface area contributed by atoms with Gasteiger partial charge in [0.15, 0.2) is 0 Å². The standard InChI is InChI=1S/C45H89NO5/c1-3-5-7-9-11-13-14-15-16-17-18-23-27-31-35-39-45(50)51-40-36-32-28-24-20-19-22-26-30-34-38-44(49)46-42(41-47)43(48)37-33-29-25-21-12-10-8-6-4-2/h42-43,47-48H,3-41H2,1-2H3,(H,46,49). The Balaban J connectivity index is 3.44. The fourth-order valence-electron chi connectivity index (χ4n) is 7.11. The van der Waals surface area contributed by atoms with E-state index in [-0.39, 0.29) is 18.5 Å². The maximum Gasteiger partial charge on any atom is 0.305 e. The van der Waals surface area contributed by atoms with Crippen LogP contribution in [-0.4, -0.2) is 47.4 Å². The van der Waals surface area contributed by atoms with Crippen LogP contribution in [0.25, 0.3) is 0 Å². The zero-order chi connectivity index (χ0) is 37.3. The van der Waals surface area contributed by atoms with Gasteiger partial charge in [-0.1, -0.05) is 213 Å². The molecule has 0 aliphatic carbocycles. The van der Waals surface area contributed by atoms with Gasteiger partial charge in [-0.25, -0.2) is 0 Å². The number of aliphatic hydroxyl groups excluding tert-OH is 2. The van der Waals surface area contributed by atoms with Crippen molar-refractivity contribution < 1.29 is 24.5 Å². The van der Waals surface area contributed by atoms with E-state index in [0.717, 1.165) is 57.8 Å². The lowest BCUT2D eigenvalue weighted by Gasteiger charge is -2.22. The molecule has 51 heavy (non-hydrogen) atoms. The summed E-state index contributed by atoms with van der Waals surface area (Å²) in [6.45, 7) is 4.88. The molecule has 1 amide bonds. The molecular formula is C45H89NO5. The average molecular weight is 724 g/mol. The molecule has 0 radical (unpaired) electrons. The van der Waals surface area contributed by atoms with E-state index >= 15 is 0 Å². The van der Waals surface area contributed by atoms with Crippen LogP contribution in [-0.2, 0) is 14.3 Å². The molecule has 6 heteroatoms. The van der Waals surface area contributed by atoms with E-state index in [9.17, 15) is 19.8 Å². The topological polar surface area (TPSA) is 95.9 Å². The third-order valence-corrected chi connectivity index (χ3v) is 10.7. The summed E-state index contributed by atoms with van der Waals surface area (Å²) < 4.78 is 5.45. The third-order valence-electron chi connectivity index (χ3n) is 10.7. The summed E-state index contributed by atoms with van der Waals surface area (Å²) in [7, 11) is 0. The maximum absolute atomic E-state index is 12.3. The molecular weight excluding hydrogens is 634 g/mol. The smallest absolute Gasteiger partial charge is 0.305 e. The summed E-state index contributed by atoms with van der Waals surface area (Å²) in [5.41, 5.74) is 0. The van der Waals surface area contributed by atoms with Gasteiger partial charge in [0.25, 0.3) is 0 Å². The van der Waals surface area contributed by atoms with E-state index in [2.05, 4.69) is 19.2 Å². The number of carbonyl (C=O) groups is 2. The van der Waals surface area contributed by atoms with E-state index in [4.69, 9.17) is 4.74 Å². The number of ether oxygens (including phenoxy) is 1. The van der Waals surface area contributed by atoms with Crippen molar-refractivity contribution in [2.75, 3.05) is 13.2 Å². The van der Waals surface area contributed by atoms with E-state index in [0.29, 0.717) is 25.9 Å². The average Bonchev–Trinajstić information content (AvgIpc) is 3.13. The minimum Gasteiger partial charge on any atom is -0.466 e. The highest BCUT2D eigenvalue weighted by molar-refractivity contribution is 5.76. The van der Waals surface area contributed by atoms with Crippen molar-refractivity contribution in [2.45, 2.75) is 264 Å². The van der Waals surface area contributed by atoms with Gasteiger partial charge in [0.2, 0.25) is 5.91 Å². The van der Waals surface area contributed by atoms with E-state index < -0.39 is 12.1 Å². The number of rotatable bonds is 42. The van der Waals surface area contributed by atoms with Crippen molar-refractivity contribution in [1.82, 2.24) is 5.32 Å². The van der Waals surface area contributed by atoms with Crippen LogP contribution in [0.5, 0.6) is 0 Å². The normalized spacial score (nSPS) is 12.6. The lowest BCUT2D eigenvalue weighted by Crippen LogP contribution is -2.45. The van der Waals surface area contributed by atoms with E-state index in [1.54, 1.807) is 0 Å². The van der Waals surface area contributed by atoms with Crippen LogP contribution in [0.15, 0.2) is 0 Å². The van der Waals surface area contributed by atoms with E-state index in [1.807, 2.05) is 0 Å². The van der Waals surface area contributed by atoms with Gasteiger partial charge in [-0.2, -0.15) is 0 Å². The molecule has 0 aliphatic rings. The molecule has 3 N–H and O–H groups in total. The lowest BCUT2D eigenvalue weighted by molar-refractivity contribution is -0.143. The molecule has 0 rings (SSSR count). The first-order valence-corrected chi connectivity index (χ1v) is 22.8. The Bertz CT molecular complexity index is 717. The molecule has 0 aromatic heterocycles. The predicted molar refractivity (Wildman–Crippen MR) is 218 cm³/mol. The van der Waals surface area contributed by atoms with Crippen LogP contribution in [0, 0.1) is 0 Å². The van der Waals surface area contributed by atoms with Crippen LogP contribution in [0.1, 0.15) is 251 Å². The van der Waals surface area contributed by atoms with Gasteiger partial charge in [-0.15, -0.1) is 0 Å². The van der Waals surface area contributed by atoms with Crippen molar-refractivity contribution in [1.29, 1.82) is 0 Å². The maximum atomic E-state index is 12.3. The van der Waals surface area contributed by atoms with Gasteiger partial charge in [-0.05, 0) is 25.7 Å². The molecule has 2 atom stereocenters. The molecule has 0 saturated heterocycles. The molecule has 0 aromatic rings. The summed E-state index contributed by atoms with van der Waals surface area (Å²) in [6.07, 6.45) is 43.4. The largest absolute Gasteiger partial charge is 0.466 e. The van der Waals surface area contributed by atoms with Gasteiger partial charge < -0.3 is 20.3 Å².